The first-order chi connectivity index (χ1) is 8.33. The molecule has 1 aliphatic rings. The Bertz CT molecular complexity index is 351. The summed E-state index contributed by atoms with van der Waals surface area (Å²) in [6, 6.07) is 1.96. The second-order valence-electron chi connectivity index (χ2n) is 5.01. The van der Waals surface area contributed by atoms with Crippen molar-refractivity contribution in [2.24, 2.45) is 5.92 Å². The SMILES string of the molecule is CCCNc1ccnc(C2CCC(CC)C2)n1. The summed E-state index contributed by atoms with van der Waals surface area (Å²) < 4.78 is 0. The lowest BCUT2D eigenvalue weighted by atomic mass is 10.0. The summed E-state index contributed by atoms with van der Waals surface area (Å²) in [6.07, 6.45) is 8.19. The van der Waals surface area contributed by atoms with Gasteiger partial charge in [0.25, 0.3) is 0 Å². The van der Waals surface area contributed by atoms with Crippen molar-refractivity contribution in [3.05, 3.63) is 18.1 Å². The molecule has 1 aromatic heterocycles. The molecule has 17 heavy (non-hydrogen) atoms. The van der Waals surface area contributed by atoms with Crippen molar-refractivity contribution in [2.75, 3.05) is 11.9 Å². The van der Waals surface area contributed by atoms with E-state index in [0.717, 1.165) is 30.5 Å². The fourth-order valence-electron chi connectivity index (χ4n) is 2.60. The van der Waals surface area contributed by atoms with Crippen LogP contribution < -0.4 is 5.32 Å². The molecule has 0 amide bonds. The lowest BCUT2D eigenvalue weighted by Crippen LogP contribution is -2.07. The molecule has 3 nitrogen and oxygen atoms in total. The van der Waals surface area contributed by atoms with E-state index < -0.39 is 0 Å². The van der Waals surface area contributed by atoms with Gasteiger partial charge < -0.3 is 5.32 Å². The van der Waals surface area contributed by atoms with Crippen LogP contribution in [-0.4, -0.2) is 16.5 Å². The molecule has 1 fully saturated rings. The smallest absolute Gasteiger partial charge is 0.133 e. The maximum Gasteiger partial charge on any atom is 0.133 e. The quantitative estimate of drug-likeness (QED) is 0.844. The Morgan fingerprint density at radius 1 is 1.35 bits per heavy atom. The fourth-order valence-corrected chi connectivity index (χ4v) is 2.60. The highest BCUT2D eigenvalue weighted by molar-refractivity contribution is 5.33. The standard InChI is InChI=1S/C14H23N3/c1-3-8-15-13-7-9-16-14(17-13)12-6-5-11(4-2)10-12/h7,9,11-12H,3-6,8,10H2,1-2H3,(H,15,16,17). The van der Waals surface area contributed by atoms with E-state index >= 15 is 0 Å². The molecule has 3 heteroatoms. The molecule has 1 aromatic rings. The Morgan fingerprint density at radius 3 is 2.94 bits per heavy atom. The third kappa shape index (κ3) is 3.18. The zero-order valence-electron chi connectivity index (χ0n) is 10.9. The van der Waals surface area contributed by atoms with Crippen LogP contribution >= 0.6 is 0 Å². The van der Waals surface area contributed by atoms with Crippen LogP contribution in [0, 0.1) is 5.92 Å². The predicted molar refractivity (Wildman–Crippen MR) is 71.2 cm³/mol. The van der Waals surface area contributed by atoms with Crippen molar-refractivity contribution in [3.63, 3.8) is 0 Å². The molecule has 94 valence electrons. The molecule has 1 heterocycles. The van der Waals surface area contributed by atoms with E-state index in [1.807, 2.05) is 12.3 Å². The fraction of sp³-hybridized carbons (Fsp3) is 0.714. The van der Waals surface area contributed by atoms with Gasteiger partial charge >= 0.3 is 0 Å². The first-order valence-electron chi connectivity index (χ1n) is 6.90. The molecule has 1 aliphatic carbocycles. The molecule has 2 unspecified atom stereocenters. The normalized spacial score (nSPS) is 23.9. The topological polar surface area (TPSA) is 37.8 Å². The van der Waals surface area contributed by atoms with Crippen LogP contribution in [-0.2, 0) is 0 Å². The third-order valence-corrected chi connectivity index (χ3v) is 3.71. The van der Waals surface area contributed by atoms with Crippen LogP contribution in [0.25, 0.3) is 0 Å². The minimum atomic E-state index is 0.586. The minimum absolute atomic E-state index is 0.586. The summed E-state index contributed by atoms with van der Waals surface area (Å²) in [4.78, 5) is 9.09. The zero-order chi connectivity index (χ0) is 12.1. The first kappa shape index (κ1) is 12.3. The Hall–Kier alpha value is -1.12. The van der Waals surface area contributed by atoms with Crippen LogP contribution in [0.2, 0.25) is 0 Å². The average Bonchev–Trinajstić information content (AvgIpc) is 2.85. The number of anilines is 1. The largest absolute Gasteiger partial charge is 0.370 e. The van der Waals surface area contributed by atoms with E-state index in [9.17, 15) is 0 Å². The van der Waals surface area contributed by atoms with Gasteiger partial charge in [0, 0.05) is 18.7 Å². The van der Waals surface area contributed by atoms with Gasteiger partial charge in [-0.15, -0.1) is 0 Å². The molecule has 2 atom stereocenters. The number of rotatable bonds is 5. The maximum absolute atomic E-state index is 4.64. The molecule has 0 spiro atoms. The van der Waals surface area contributed by atoms with Crippen LogP contribution in [0.1, 0.15) is 57.7 Å². The van der Waals surface area contributed by atoms with Gasteiger partial charge in [0.2, 0.25) is 0 Å². The molecule has 0 radical (unpaired) electrons. The lowest BCUT2D eigenvalue weighted by Gasteiger charge is -2.10. The van der Waals surface area contributed by atoms with E-state index in [1.165, 1.54) is 25.7 Å². The summed E-state index contributed by atoms with van der Waals surface area (Å²) in [5.74, 6) is 3.50. The lowest BCUT2D eigenvalue weighted by molar-refractivity contribution is 0.516. The van der Waals surface area contributed by atoms with E-state index in [2.05, 4.69) is 29.1 Å². The Morgan fingerprint density at radius 2 is 2.24 bits per heavy atom. The Balaban J connectivity index is 2.01. The predicted octanol–water partition coefficient (Wildman–Crippen LogP) is 3.59. The molecule has 1 N–H and O–H groups in total. The van der Waals surface area contributed by atoms with Gasteiger partial charge in [-0.1, -0.05) is 20.3 Å². The van der Waals surface area contributed by atoms with Crippen molar-refractivity contribution in [1.29, 1.82) is 0 Å². The van der Waals surface area contributed by atoms with Gasteiger partial charge in [-0.05, 0) is 37.7 Å². The maximum atomic E-state index is 4.64. The van der Waals surface area contributed by atoms with E-state index in [4.69, 9.17) is 0 Å². The summed E-state index contributed by atoms with van der Waals surface area (Å²) in [5.41, 5.74) is 0. The van der Waals surface area contributed by atoms with Crippen molar-refractivity contribution in [3.8, 4) is 0 Å². The van der Waals surface area contributed by atoms with Crippen molar-refractivity contribution < 1.29 is 0 Å². The molecule has 0 bridgehead atoms. The van der Waals surface area contributed by atoms with Gasteiger partial charge in [0.1, 0.15) is 11.6 Å². The number of hydrogen-bond donors (Lipinski definition) is 1. The molecule has 0 aromatic carbocycles. The van der Waals surface area contributed by atoms with Gasteiger partial charge in [0.15, 0.2) is 0 Å². The second kappa shape index (κ2) is 5.99. The average molecular weight is 233 g/mol. The third-order valence-electron chi connectivity index (χ3n) is 3.71. The minimum Gasteiger partial charge on any atom is -0.370 e. The first-order valence-corrected chi connectivity index (χ1v) is 6.90. The van der Waals surface area contributed by atoms with Crippen LogP contribution in [0.5, 0.6) is 0 Å². The Kier molecular flexibility index (Phi) is 4.35. The van der Waals surface area contributed by atoms with Gasteiger partial charge in [0.05, 0.1) is 0 Å². The molecule has 1 saturated carbocycles. The van der Waals surface area contributed by atoms with Crippen LogP contribution in [0.4, 0.5) is 5.82 Å². The van der Waals surface area contributed by atoms with E-state index in [1.54, 1.807) is 0 Å². The zero-order valence-corrected chi connectivity index (χ0v) is 10.9. The van der Waals surface area contributed by atoms with Gasteiger partial charge in [-0.25, -0.2) is 9.97 Å². The van der Waals surface area contributed by atoms with Gasteiger partial charge in [-0.2, -0.15) is 0 Å². The molecule has 0 saturated heterocycles. The number of aromatic nitrogens is 2. The number of nitrogens with zero attached hydrogens (tertiary/aromatic N) is 2. The Labute approximate surface area is 104 Å². The van der Waals surface area contributed by atoms with Crippen molar-refractivity contribution in [1.82, 2.24) is 9.97 Å². The van der Waals surface area contributed by atoms with E-state index in [-0.39, 0.29) is 0 Å². The van der Waals surface area contributed by atoms with Crippen molar-refractivity contribution >= 4 is 5.82 Å². The number of nitrogens with one attached hydrogen (secondary N) is 1. The van der Waals surface area contributed by atoms with Crippen LogP contribution in [0.15, 0.2) is 12.3 Å². The summed E-state index contributed by atoms with van der Waals surface area (Å²) in [7, 11) is 0. The highest BCUT2D eigenvalue weighted by Crippen LogP contribution is 2.38. The monoisotopic (exact) mass is 233 g/mol. The summed E-state index contributed by atoms with van der Waals surface area (Å²) in [6.45, 7) is 5.43. The molecular formula is C14H23N3. The van der Waals surface area contributed by atoms with Crippen molar-refractivity contribution in [2.45, 2.75) is 51.9 Å². The van der Waals surface area contributed by atoms with Gasteiger partial charge in [-0.3, -0.25) is 0 Å². The summed E-state index contributed by atoms with van der Waals surface area (Å²) >= 11 is 0. The highest BCUT2D eigenvalue weighted by Gasteiger charge is 2.26. The number of hydrogen-bond acceptors (Lipinski definition) is 3. The second-order valence-corrected chi connectivity index (χ2v) is 5.01. The highest BCUT2D eigenvalue weighted by atomic mass is 15.0. The molecule has 2 rings (SSSR count). The molecule has 0 aliphatic heterocycles. The summed E-state index contributed by atoms with van der Waals surface area (Å²) in [5, 5.41) is 3.33. The molecular weight excluding hydrogens is 210 g/mol. The van der Waals surface area contributed by atoms with E-state index in [0.29, 0.717) is 5.92 Å². The van der Waals surface area contributed by atoms with Crippen LogP contribution in [0.3, 0.4) is 0 Å².